The van der Waals surface area contributed by atoms with Gasteiger partial charge in [0.2, 0.25) is 0 Å². The van der Waals surface area contributed by atoms with Crippen molar-refractivity contribution in [1.29, 1.82) is 0 Å². The standard InChI is InChI=1S/C17H20O4/c1-3-4-5-10-16(19)21-17-13-9-7-6-8-12(13)14(18)11-15(17)20-2/h6-9,11,18H,3-5,10H2,1-2H3. The zero-order valence-electron chi connectivity index (χ0n) is 12.4. The Balaban J connectivity index is 2.33. The molecule has 2 rings (SSSR count). The Morgan fingerprint density at radius 3 is 2.57 bits per heavy atom. The molecule has 0 unspecified atom stereocenters. The zero-order valence-corrected chi connectivity index (χ0v) is 12.4. The van der Waals surface area contributed by atoms with Crippen LogP contribution in [0.3, 0.4) is 0 Å². The maximum Gasteiger partial charge on any atom is 0.311 e. The molecule has 0 bridgehead atoms. The van der Waals surface area contributed by atoms with E-state index in [-0.39, 0.29) is 11.7 Å². The number of carbonyl (C=O) groups is 1. The van der Waals surface area contributed by atoms with Crippen LogP contribution < -0.4 is 9.47 Å². The van der Waals surface area contributed by atoms with E-state index in [2.05, 4.69) is 6.92 Å². The summed E-state index contributed by atoms with van der Waals surface area (Å²) in [6, 6.07) is 8.69. The number of hydrogen-bond donors (Lipinski definition) is 1. The van der Waals surface area contributed by atoms with Crippen LogP contribution in [0.25, 0.3) is 10.8 Å². The first-order valence-corrected chi connectivity index (χ1v) is 7.16. The molecule has 0 aliphatic carbocycles. The maximum absolute atomic E-state index is 11.9. The van der Waals surface area contributed by atoms with Crippen molar-refractivity contribution >= 4 is 16.7 Å². The second kappa shape index (κ2) is 6.97. The number of rotatable bonds is 6. The van der Waals surface area contributed by atoms with E-state index in [4.69, 9.17) is 9.47 Å². The molecule has 4 heteroatoms. The van der Waals surface area contributed by atoms with Gasteiger partial charge in [0.1, 0.15) is 5.75 Å². The number of phenolic OH excluding ortho intramolecular Hbond substituents is 1. The van der Waals surface area contributed by atoms with Crippen LogP contribution in [0.15, 0.2) is 30.3 Å². The molecule has 0 radical (unpaired) electrons. The van der Waals surface area contributed by atoms with Crippen molar-refractivity contribution in [1.82, 2.24) is 0 Å². The SMILES string of the molecule is CCCCCC(=O)Oc1c(OC)cc(O)c2ccccc12. The van der Waals surface area contributed by atoms with Gasteiger partial charge in [-0.05, 0) is 6.42 Å². The fraction of sp³-hybridized carbons (Fsp3) is 0.353. The highest BCUT2D eigenvalue weighted by Gasteiger charge is 2.16. The number of ether oxygens (including phenoxy) is 2. The number of methoxy groups -OCH3 is 1. The van der Waals surface area contributed by atoms with Gasteiger partial charge in [-0.1, -0.05) is 44.0 Å². The monoisotopic (exact) mass is 288 g/mol. The molecule has 0 aliphatic rings. The Hall–Kier alpha value is -2.23. The first-order chi connectivity index (χ1) is 10.2. The Morgan fingerprint density at radius 1 is 1.19 bits per heavy atom. The van der Waals surface area contributed by atoms with Crippen LogP contribution in [0.1, 0.15) is 32.6 Å². The molecule has 0 amide bonds. The van der Waals surface area contributed by atoms with E-state index in [1.807, 2.05) is 12.1 Å². The van der Waals surface area contributed by atoms with E-state index >= 15 is 0 Å². The van der Waals surface area contributed by atoms with Gasteiger partial charge >= 0.3 is 5.97 Å². The number of carbonyl (C=O) groups excluding carboxylic acids is 1. The Labute approximate surface area is 124 Å². The van der Waals surface area contributed by atoms with Crippen LogP contribution in [-0.4, -0.2) is 18.2 Å². The molecule has 0 atom stereocenters. The number of aromatic hydroxyl groups is 1. The highest BCUT2D eigenvalue weighted by molar-refractivity contribution is 5.96. The van der Waals surface area contributed by atoms with Gasteiger partial charge in [-0.3, -0.25) is 4.79 Å². The molecule has 4 nitrogen and oxygen atoms in total. The molecular formula is C17H20O4. The summed E-state index contributed by atoms with van der Waals surface area (Å²) in [5.74, 6) is 0.549. The van der Waals surface area contributed by atoms with Crippen LogP contribution in [-0.2, 0) is 4.79 Å². The fourth-order valence-corrected chi connectivity index (χ4v) is 2.25. The number of esters is 1. The van der Waals surface area contributed by atoms with Crippen LogP contribution in [0, 0.1) is 0 Å². The predicted octanol–water partition coefficient (Wildman–Crippen LogP) is 4.04. The molecule has 0 aliphatic heterocycles. The third-order valence-corrected chi connectivity index (χ3v) is 3.36. The average molecular weight is 288 g/mol. The largest absolute Gasteiger partial charge is 0.507 e. The molecule has 0 spiro atoms. The van der Waals surface area contributed by atoms with Gasteiger partial charge in [0.15, 0.2) is 11.5 Å². The average Bonchev–Trinajstić information content (AvgIpc) is 2.50. The van der Waals surface area contributed by atoms with Crippen molar-refractivity contribution in [2.24, 2.45) is 0 Å². The molecule has 0 saturated carbocycles. The van der Waals surface area contributed by atoms with Crippen molar-refractivity contribution < 1.29 is 19.4 Å². The van der Waals surface area contributed by atoms with Gasteiger partial charge in [0, 0.05) is 23.3 Å². The lowest BCUT2D eigenvalue weighted by molar-refractivity contribution is -0.134. The Kier molecular flexibility index (Phi) is 5.04. The topological polar surface area (TPSA) is 55.8 Å². The van der Waals surface area contributed by atoms with Crippen molar-refractivity contribution in [3.63, 3.8) is 0 Å². The quantitative estimate of drug-likeness (QED) is 0.495. The number of benzene rings is 2. The van der Waals surface area contributed by atoms with E-state index in [1.165, 1.54) is 13.2 Å². The first kappa shape index (κ1) is 15.2. The second-order valence-corrected chi connectivity index (χ2v) is 4.90. The van der Waals surface area contributed by atoms with Crippen molar-refractivity contribution in [2.75, 3.05) is 7.11 Å². The molecule has 2 aromatic rings. The normalized spacial score (nSPS) is 10.6. The molecular weight excluding hydrogens is 268 g/mol. The first-order valence-electron chi connectivity index (χ1n) is 7.16. The van der Waals surface area contributed by atoms with Crippen molar-refractivity contribution in [2.45, 2.75) is 32.6 Å². The number of fused-ring (bicyclic) bond motifs is 1. The summed E-state index contributed by atoms with van der Waals surface area (Å²) in [6.45, 7) is 2.09. The maximum atomic E-state index is 11.9. The zero-order chi connectivity index (χ0) is 15.2. The van der Waals surface area contributed by atoms with Crippen LogP contribution in [0.2, 0.25) is 0 Å². The molecule has 1 N–H and O–H groups in total. The highest BCUT2D eigenvalue weighted by Crippen LogP contribution is 2.41. The number of phenols is 1. The molecule has 112 valence electrons. The van der Waals surface area contributed by atoms with E-state index in [9.17, 15) is 9.90 Å². The summed E-state index contributed by atoms with van der Waals surface area (Å²) in [7, 11) is 1.48. The van der Waals surface area contributed by atoms with Crippen molar-refractivity contribution in [3.8, 4) is 17.2 Å². The second-order valence-electron chi connectivity index (χ2n) is 4.90. The Morgan fingerprint density at radius 2 is 1.90 bits per heavy atom. The third kappa shape index (κ3) is 3.45. The molecule has 0 aromatic heterocycles. The van der Waals surface area contributed by atoms with E-state index < -0.39 is 0 Å². The number of hydrogen-bond acceptors (Lipinski definition) is 4. The van der Waals surface area contributed by atoms with Crippen LogP contribution in [0.4, 0.5) is 0 Å². The molecule has 0 fully saturated rings. The minimum absolute atomic E-state index is 0.105. The van der Waals surface area contributed by atoms with Crippen LogP contribution in [0.5, 0.6) is 17.2 Å². The summed E-state index contributed by atoms with van der Waals surface area (Å²) in [6.07, 6.45) is 3.25. The van der Waals surface area contributed by atoms with Gasteiger partial charge in [-0.25, -0.2) is 0 Å². The van der Waals surface area contributed by atoms with Gasteiger partial charge in [0.05, 0.1) is 7.11 Å². The van der Waals surface area contributed by atoms with E-state index in [0.717, 1.165) is 19.3 Å². The van der Waals surface area contributed by atoms with Crippen LogP contribution >= 0.6 is 0 Å². The van der Waals surface area contributed by atoms with Gasteiger partial charge in [0.25, 0.3) is 0 Å². The van der Waals surface area contributed by atoms with Gasteiger partial charge in [-0.15, -0.1) is 0 Å². The minimum Gasteiger partial charge on any atom is -0.507 e. The smallest absolute Gasteiger partial charge is 0.311 e. The van der Waals surface area contributed by atoms with Gasteiger partial charge in [-0.2, -0.15) is 0 Å². The van der Waals surface area contributed by atoms with Gasteiger partial charge < -0.3 is 14.6 Å². The fourth-order valence-electron chi connectivity index (χ4n) is 2.25. The Bertz CT molecular complexity index is 634. The number of unbranched alkanes of at least 4 members (excludes halogenated alkanes) is 2. The third-order valence-electron chi connectivity index (χ3n) is 3.36. The summed E-state index contributed by atoms with van der Waals surface area (Å²) in [4.78, 5) is 11.9. The molecule has 2 aromatic carbocycles. The summed E-state index contributed by atoms with van der Waals surface area (Å²) in [5.41, 5.74) is 0. The lowest BCUT2D eigenvalue weighted by Gasteiger charge is -2.13. The van der Waals surface area contributed by atoms with E-state index in [0.29, 0.717) is 28.7 Å². The van der Waals surface area contributed by atoms with E-state index in [1.54, 1.807) is 12.1 Å². The minimum atomic E-state index is -0.280. The van der Waals surface area contributed by atoms with Crippen molar-refractivity contribution in [3.05, 3.63) is 30.3 Å². The molecule has 0 saturated heterocycles. The summed E-state index contributed by atoms with van der Waals surface area (Å²) >= 11 is 0. The molecule has 0 heterocycles. The molecule has 21 heavy (non-hydrogen) atoms. The lowest BCUT2D eigenvalue weighted by atomic mass is 10.1. The summed E-state index contributed by atoms with van der Waals surface area (Å²) < 4.78 is 10.7. The predicted molar refractivity (Wildman–Crippen MR) is 81.9 cm³/mol. The lowest BCUT2D eigenvalue weighted by Crippen LogP contribution is -2.08. The summed E-state index contributed by atoms with van der Waals surface area (Å²) in [5, 5.41) is 11.3. The highest BCUT2D eigenvalue weighted by atomic mass is 16.6.